The van der Waals surface area contributed by atoms with Gasteiger partial charge >= 0.3 is 0 Å². The molecule has 0 N–H and O–H groups in total. The molecule has 3 aromatic heterocycles. The summed E-state index contributed by atoms with van der Waals surface area (Å²) in [5.74, 6) is 0.715. The number of benzene rings is 7. The highest BCUT2D eigenvalue weighted by molar-refractivity contribution is 6.08. The Morgan fingerprint density at radius 3 is 1.94 bits per heavy atom. The van der Waals surface area contributed by atoms with Gasteiger partial charge in [-0.2, -0.15) is 0 Å². The van der Waals surface area contributed by atoms with E-state index in [4.69, 9.17) is 15.0 Å². The van der Waals surface area contributed by atoms with E-state index in [1.807, 2.05) is 18.3 Å². The number of hydrogen-bond acceptors (Lipinski definition) is 3. The molecule has 0 fully saturated rings. The van der Waals surface area contributed by atoms with Crippen LogP contribution >= 0.6 is 0 Å². The lowest BCUT2D eigenvalue weighted by atomic mass is 9.98. The summed E-state index contributed by atoms with van der Waals surface area (Å²) in [4.78, 5) is 15.0. The predicted octanol–water partition coefficient (Wildman–Crippen LogP) is 11.4. The minimum Gasteiger partial charge on any atom is -0.306 e. The molecular formula is C45H28N4. The largest absolute Gasteiger partial charge is 0.306 e. The van der Waals surface area contributed by atoms with Crippen LogP contribution in [0.2, 0.25) is 0 Å². The molecule has 0 aliphatic carbocycles. The summed E-state index contributed by atoms with van der Waals surface area (Å²) < 4.78 is 2.33. The van der Waals surface area contributed by atoms with Gasteiger partial charge in [0.1, 0.15) is 0 Å². The second-order valence-electron chi connectivity index (χ2n) is 12.5. The van der Waals surface area contributed by atoms with Crippen LogP contribution < -0.4 is 0 Å². The molecule has 3 heterocycles. The Labute approximate surface area is 282 Å². The van der Waals surface area contributed by atoms with Crippen LogP contribution in [0.5, 0.6) is 0 Å². The molecule has 0 aliphatic rings. The molecule has 10 aromatic rings. The van der Waals surface area contributed by atoms with E-state index < -0.39 is 0 Å². The summed E-state index contributed by atoms with van der Waals surface area (Å²) >= 11 is 0. The van der Waals surface area contributed by atoms with E-state index in [-0.39, 0.29) is 0 Å². The van der Waals surface area contributed by atoms with Gasteiger partial charge in [0.05, 0.1) is 39.5 Å². The van der Waals surface area contributed by atoms with Crippen LogP contribution in [-0.4, -0.2) is 19.4 Å². The summed E-state index contributed by atoms with van der Waals surface area (Å²) in [5, 5.41) is 4.67. The van der Waals surface area contributed by atoms with Crippen LogP contribution in [-0.2, 0) is 0 Å². The number of aromatic nitrogens is 4. The van der Waals surface area contributed by atoms with Gasteiger partial charge in [0.25, 0.3) is 0 Å². The first kappa shape index (κ1) is 27.5. The minimum atomic E-state index is 0.715. The summed E-state index contributed by atoms with van der Waals surface area (Å²) in [6, 6.07) is 57.6. The molecule has 4 heteroatoms. The topological polar surface area (TPSA) is 43.1 Å². The van der Waals surface area contributed by atoms with Gasteiger partial charge in [0.15, 0.2) is 5.82 Å². The van der Waals surface area contributed by atoms with E-state index in [2.05, 4.69) is 156 Å². The molecule has 228 valence electrons. The lowest BCUT2D eigenvalue weighted by molar-refractivity contribution is 1.23. The highest BCUT2D eigenvalue weighted by atomic mass is 14.9. The summed E-state index contributed by atoms with van der Waals surface area (Å²) in [6.45, 7) is 0. The van der Waals surface area contributed by atoms with E-state index in [0.29, 0.717) is 5.82 Å². The molecule has 0 atom stereocenters. The van der Waals surface area contributed by atoms with Crippen LogP contribution in [0.1, 0.15) is 0 Å². The normalized spacial score (nSPS) is 11.7. The van der Waals surface area contributed by atoms with E-state index in [1.54, 1.807) is 0 Å². The van der Waals surface area contributed by atoms with Crippen molar-refractivity contribution in [3.05, 3.63) is 170 Å². The van der Waals surface area contributed by atoms with Crippen molar-refractivity contribution in [1.82, 2.24) is 19.4 Å². The van der Waals surface area contributed by atoms with Gasteiger partial charge in [-0.1, -0.05) is 127 Å². The molecule has 0 saturated carbocycles. The first-order chi connectivity index (χ1) is 24.3. The fourth-order valence-electron chi connectivity index (χ4n) is 7.27. The lowest BCUT2D eigenvalue weighted by Gasteiger charge is -2.11. The van der Waals surface area contributed by atoms with Gasteiger partial charge in [-0.25, -0.2) is 9.97 Å². The Morgan fingerprint density at radius 2 is 1.06 bits per heavy atom. The van der Waals surface area contributed by atoms with Gasteiger partial charge in [-0.15, -0.1) is 0 Å². The maximum atomic E-state index is 5.19. The average molecular weight is 625 g/mol. The van der Waals surface area contributed by atoms with Crippen LogP contribution in [0, 0.1) is 0 Å². The third-order valence-electron chi connectivity index (χ3n) is 9.61. The molecule has 0 aliphatic heterocycles. The maximum Gasteiger partial charge on any atom is 0.160 e. The summed E-state index contributed by atoms with van der Waals surface area (Å²) in [5.41, 5.74) is 12.9. The van der Waals surface area contributed by atoms with Gasteiger partial charge < -0.3 is 4.40 Å². The number of rotatable bonds is 4. The van der Waals surface area contributed by atoms with Crippen LogP contribution in [0.25, 0.3) is 94.0 Å². The molecule has 0 amide bonds. The third kappa shape index (κ3) is 4.49. The van der Waals surface area contributed by atoms with Gasteiger partial charge in [-0.05, 0) is 63.9 Å². The van der Waals surface area contributed by atoms with E-state index in [1.165, 1.54) is 27.2 Å². The Kier molecular flexibility index (Phi) is 6.15. The fourth-order valence-corrected chi connectivity index (χ4v) is 7.27. The van der Waals surface area contributed by atoms with Crippen LogP contribution in [0.15, 0.2) is 170 Å². The fraction of sp³-hybridized carbons (Fsp3) is 0. The molecule has 0 saturated heterocycles. The van der Waals surface area contributed by atoms with E-state index in [0.717, 1.165) is 61.0 Å². The molecule has 0 bridgehead atoms. The molecule has 49 heavy (non-hydrogen) atoms. The van der Waals surface area contributed by atoms with Crippen molar-refractivity contribution in [3.63, 3.8) is 0 Å². The van der Waals surface area contributed by atoms with Crippen molar-refractivity contribution >= 4 is 49.1 Å². The van der Waals surface area contributed by atoms with Crippen molar-refractivity contribution in [3.8, 4) is 44.9 Å². The van der Waals surface area contributed by atoms with Crippen molar-refractivity contribution in [1.29, 1.82) is 0 Å². The van der Waals surface area contributed by atoms with Gasteiger partial charge in [-0.3, -0.25) is 4.98 Å². The first-order valence-corrected chi connectivity index (χ1v) is 16.5. The Hall–Kier alpha value is -6.65. The zero-order chi connectivity index (χ0) is 32.3. The third-order valence-corrected chi connectivity index (χ3v) is 9.61. The second kappa shape index (κ2) is 11.0. The number of nitrogens with zero attached hydrogens (tertiary/aromatic N) is 4. The summed E-state index contributed by atoms with van der Waals surface area (Å²) in [7, 11) is 0. The van der Waals surface area contributed by atoms with Crippen molar-refractivity contribution in [2.24, 2.45) is 0 Å². The molecule has 4 nitrogen and oxygen atoms in total. The lowest BCUT2D eigenvalue weighted by Crippen LogP contribution is -1.95. The second-order valence-corrected chi connectivity index (χ2v) is 12.5. The maximum absolute atomic E-state index is 5.19. The molecule has 7 aromatic carbocycles. The smallest absolute Gasteiger partial charge is 0.160 e. The highest BCUT2D eigenvalue weighted by Crippen LogP contribution is 2.38. The van der Waals surface area contributed by atoms with Crippen LogP contribution in [0.3, 0.4) is 0 Å². The predicted molar refractivity (Wildman–Crippen MR) is 203 cm³/mol. The first-order valence-electron chi connectivity index (χ1n) is 16.5. The SMILES string of the molecule is c1cc(-c2ccc(-c3c4ccccc4n4c3cnc3ccccc34)cc2)cc(-c2nc(-c3ccc4ccccc4c3)c3ccccc3n2)c1. The quantitative estimate of drug-likeness (QED) is 0.196. The number of fused-ring (bicyclic) bond motifs is 7. The molecule has 0 radical (unpaired) electrons. The minimum absolute atomic E-state index is 0.715. The Morgan fingerprint density at radius 1 is 0.388 bits per heavy atom. The van der Waals surface area contributed by atoms with Crippen molar-refractivity contribution in [2.75, 3.05) is 0 Å². The standard InChI is InChI=1S/C45H28N4/c1-2-11-32-26-34(25-22-29(32)10-1)44-36-14-3-5-16-38(36)47-45(48-44)35-13-9-12-33(27-35)30-20-23-31(24-21-30)43-37-15-4-7-18-40(37)49-41-19-8-6-17-39(41)46-28-42(43)49/h1-28H. The Balaban J connectivity index is 1.06. The molecule has 10 rings (SSSR count). The van der Waals surface area contributed by atoms with Crippen LogP contribution in [0.4, 0.5) is 0 Å². The number of hydrogen-bond donors (Lipinski definition) is 0. The van der Waals surface area contributed by atoms with E-state index in [9.17, 15) is 0 Å². The Bertz CT molecular complexity index is 2880. The van der Waals surface area contributed by atoms with Gasteiger partial charge in [0.2, 0.25) is 0 Å². The molecule has 0 spiro atoms. The zero-order valence-corrected chi connectivity index (χ0v) is 26.5. The van der Waals surface area contributed by atoms with Crippen molar-refractivity contribution in [2.45, 2.75) is 0 Å². The van der Waals surface area contributed by atoms with Crippen molar-refractivity contribution < 1.29 is 0 Å². The zero-order valence-electron chi connectivity index (χ0n) is 26.5. The summed E-state index contributed by atoms with van der Waals surface area (Å²) in [6.07, 6.45) is 2.00. The molecule has 0 unspecified atom stereocenters. The monoisotopic (exact) mass is 624 g/mol. The average Bonchev–Trinajstić information content (AvgIpc) is 3.52. The highest BCUT2D eigenvalue weighted by Gasteiger charge is 2.17. The molecular weight excluding hydrogens is 597 g/mol. The van der Waals surface area contributed by atoms with Gasteiger partial charge in [0, 0.05) is 27.5 Å². The number of para-hydroxylation sites is 4. The van der Waals surface area contributed by atoms with E-state index >= 15 is 0 Å².